The lowest BCUT2D eigenvalue weighted by atomic mass is 10.1. The minimum atomic E-state index is 0.00756. The van der Waals surface area contributed by atoms with Crippen LogP contribution in [-0.2, 0) is 5.75 Å². The molecule has 0 aliphatic heterocycles. The van der Waals surface area contributed by atoms with Gasteiger partial charge in [0.15, 0.2) is 5.58 Å². The number of rotatable bonds is 6. The molecule has 128 valence electrons. The van der Waals surface area contributed by atoms with Gasteiger partial charge in [-0.3, -0.25) is 4.79 Å². The van der Waals surface area contributed by atoms with Crippen LogP contribution in [0, 0.1) is 5.92 Å². The molecule has 1 aliphatic carbocycles. The van der Waals surface area contributed by atoms with Crippen LogP contribution < -0.4 is 5.32 Å². The van der Waals surface area contributed by atoms with Gasteiger partial charge in [0.25, 0.3) is 11.1 Å². The number of fused-ring (bicyclic) bond motifs is 1. The van der Waals surface area contributed by atoms with E-state index >= 15 is 0 Å². The average molecular weight is 352 g/mol. The molecule has 4 nitrogen and oxygen atoms in total. The van der Waals surface area contributed by atoms with Gasteiger partial charge in [0, 0.05) is 17.4 Å². The summed E-state index contributed by atoms with van der Waals surface area (Å²) < 4.78 is 5.75. The van der Waals surface area contributed by atoms with Crippen molar-refractivity contribution in [1.29, 1.82) is 0 Å². The second-order valence-corrected chi connectivity index (χ2v) is 7.42. The quantitative estimate of drug-likeness (QED) is 0.656. The molecule has 1 unspecified atom stereocenters. The average Bonchev–Trinajstić information content (AvgIpc) is 3.40. The van der Waals surface area contributed by atoms with Gasteiger partial charge in [-0.1, -0.05) is 42.1 Å². The van der Waals surface area contributed by atoms with Crippen molar-refractivity contribution in [3.8, 4) is 0 Å². The van der Waals surface area contributed by atoms with E-state index in [1.54, 1.807) is 0 Å². The van der Waals surface area contributed by atoms with E-state index < -0.39 is 0 Å². The van der Waals surface area contributed by atoms with Crippen molar-refractivity contribution < 1.29 is 9.21 Å². The monoisotopic (exact) mass is 352 g/mol. The first-order valence-electron chi connectivity index (χ1n) is 8.58. The lowest BCUT2D eigenvalue weighted by molar-refractivity contribution is 0.0935. The third kappa shape index (κ3) is 3.71. The van der Waals surface area contributed by atoms with Crippen LogP contribution in [0.25, 0.3) is 11.1 Å². The zero-order chi connectivity index (χ0) is 17.2. The highest BCUT2D eigenvalue weighted by molar-refractivity contribution is 7.98. The maximum absolute atomic E-state index is 12.6. The molecule has 1 N–H and O–H groups in total. The Morgan fingerprint density at radius 3 is 2.80 bits per heavy atom. The summed E-state index contributed by atoms with van der Waals surface area (Å²) >= 11 is 1.51. The van der Waals surface area contributed by atoms with Crippen LogP contribution in [0.1, 0.15) is 35.7 Å². The largest absolute Gasteiger partial charge is 0.431 e. The van der Waals surface area contributed by atoms with Crippen molar-refractivity contribution >= 4 is 28.8 Å². The number of benzene rings is 2. The number of nitrogens with one attached hydrogen (secondary N) is 1. The summed E-state index contributed by atoms with van der Waals surface area (Å²) in [5, 5.41) is 3.76. The normalized spacial score (nSPS) is 15.2. The summed E-state index contributed by atoms with van der Waals surface area (Å²) in [5.41, 5.74) is 3.37. The van der Waals surface area contributed by atoms with Gasteiger partial charge in [0.2, 0.25) is 0 Å². The fraction of sp³-hybridized carbons (Fsp3) is 0.300. The highest BCUT2D eigenvalue weighted by Gasteiger charge is 2.29. The van der Waals surface area contributed by atoms with Gasteiger partial charge in [0.05, 0.1) is 0 Å². The summed E-state index contributed by atoms with van der Waals surface area (Å²) in [6, 6.07) is 15.7. The molecule has 1 atom stereocenters. The number of carbonyl (C=O) groups is 1. The van der Waals surface area contributed by atoms with Gasteiger partial charge in [-0.2, -0.15) is 0 Å². The third-order valence-electron chi connectivity index (χ3n) is 4.58. The first-order chi connectivity index (χ1) is 12.2. The van der Waals surface area contributed by atoms with E-state index in [2.05, 4.69) is 17.2 Å². The smallest absolute Gasteiger partial charge is 0.257 e. The molecular weight excluding hydrogens is 332 g/mol. The second kappa shape index (κ2) is 6.92. The van der Waals surface area contributed by atoms with E-state index in [1.807, 2.05) is 48.5 Å². The summed E-state index contributed by atoms with van der Waals surface area (Å²) in [4.78, 5) is 17.1. The molecule has 25 heavy (non-hydrogen) atoms. The van der Waals surface area contributed by atoms with Crippen molar-refractivity contribution in [3.05, 3.63) is 59.7 Å². The minimum Gasteiger partial charge on any atom is -0.431 e. The highest BCUT2D eigenvalue weighted by atomic mass is 32.2. The molecule has 1 amide bonds. The van der Waals surface area contributed by atoms with Gasteiger partial charge in [-0.25, -0.2) is 4.98 Å². The maximum Gasteiger partial charge on any atom is 0.257 e. The Morgan fingerprint density at radius 2 is 2.00 bits per heavy atom. The molecule has 0 saturated heterocycles. The van der Waals surface area contributed by atoms with Crippen LogP contribution in [0.15, 0.2) is 58.2 Å². The van der Waals surface area contributed by atoms with Crippen molar-refractivity contribution in [2.75, 3.05) is 0 Å². The van der Waals surface area contributed by atoms with E-state index in [1.165, 1.54) is 24.6 Å². The number of aromatic nitrogens is 1. The predicted molar refractivity (Wildman–Crippen MR) is 99.7 cm³/mol. The molecule has 1 aromatic heterocycles. The number of carbonyl (C=O) groups excluding carboxylic acids is 1. The number of oxazole rings is 1. The van der Waals surface area contributed by atoms with Gasteiger partial charge in [0.1, 0.15) is 5.52 Å². The molecule has 2 aromatic carbocycles. The molecule has 1 aliphatic rings. The Bertz CT molecular complexity index is 868. The Hall–Kier alpha value is -2.27. The SMILES string of the molecule is CC(NC(=O)c1ccccc1CSc1nc2ccccc2o1)C1CC1. The lowest BCUT2D eigenvalue weighted by Crippen LogP contribution is -2.34. The van der Waals surface area contributed by atoms with Crippen LogP contribution in [-0.4, -0.2) is 16.9 Å². The summed E-state index contributed by atoms with van der Waals surface area (Å²) in [6.45, 7) is 2.09. The highest BCUT2D eigenvalue weighted by Crippen LogP contribution is 2.32. The van der Waals surface area contributed by atoms with E-state index in [9.17, 15) is 4.79 Å². The summed E-state index contributed by atoms with van der Waals surface area (Å²) in [6.07, 6.45) is 2.44. The van der Waals surface area contributed by atoms with Crippen LogP contribution in [0.5, 0.6) is 0 Å². The Kier molecular flexibility index (Phi) is 4.49. The van der Waals surface area contributed by atoms with Crippen molar-refractivity contribution in [2.24, 2.45) is 5.92 Å². The van der Waals surface area contributed by atoms with Gasteiger partial charge >= 0.3 is 0 Å². The Labute approximate surface area is 151 Å². The van der Waals surface area contributed by atoms with Crippen molar-refractivity contribution in [1.82, 2.24) is 10.3 Å². The number of nitrogens with zero attached hydrogens (tertiary/aromatic N) is 1. The van der Waals surface area contributed by atoms with Gasteiger partial charge < -0.3 is 9.73 Å². The van der Waals surface area contributed by atoms with Crippen LogP contribution in [0.3, 0.4) is 0 Å². The Morgan fingerprint density at radius 1 is 1.24 bits per heavy atom. The van der Waals surface area contributed by atoms with E-state index in [0.717, 1.165) is 22.2 Å². The molecule has 1 heterocycles. The minimum absolute atomic E-state index is 0.00756. The van der Waals surface area contributed by atoms with Crippen LogP contribution in [0.4, 0.5) is 0 Å². The Balaban J connectivity index is 1.47. The first kappa shape index (κ1) is 16.2. The summed E-state index contributed by atoms with van der Waals surface area (Å²) in [5.74, 6) is 1.30. The van der Waals surface area contributed by atoms with Gasteiger partial charge in [-0.05, 0) is 49.4 Å². The molecule has 1 saturated carbocycles. The van der Waals surface area contributed by atoms with Gasteiger partial charge in [-0.15, -0.1) is 0 Å². The summed E-state index contributed by atoms with van der Waals surface area (Å²) in [7, 11) is 0. The molecule has 0 radical (unpaired) electrons. The number of para-hydroxylation sites is 2. The molecule has 1 fully saturated rings. The number of hydrogen-bond donors (Lipinski definition) is 1. The fourth-order valence-corrected chi connectivity index (χ4v) is 3.76. The molecule has 4 rings (SSSR count). The number of amides is 1. The standard InChI is InChI=1S/C20H20N2O2S/c1-13(14-10-11-14)21-19(23)16-7-3-2-6-15(16)12-25-20-22-17-8-4-5-9-18(17)24-20/h2-9,13-14H,10-12H2,1H3,(H,21,23). The molecule has 5 heteroatoms. The maximum atomic E-state index is 12.6. The number of thioether (sulfide) groups is 1. The second-order valence-electron chi connectivity index (χ2n) is 6.49. The lowest BCUT2D eigenvalue weighted by Gasteiger charge is -2.14. The van der Waals surface area contributed by atoms with E-state index in [4.69, 9.17) is 4.42 Å². The van der Waals surface area contributed by atoms with E-state index in [-0.39, 0.29) is 11.9 Å². The zero-order valence-corrected chi connectivity index (χ0v) is 14.9. The van der Waals surface area contributed by atoms with Crippen LogP contribution in [0.2, 0.25) is 0 Å². The van der Waals surface area contributed by atoms with Crippen LogP contribution >= 0.6 is 11.8 Å². The predicted octanol–water partition coefficient (Wildman–Crippen LogP) is 4.65. The molecule has 0 spiro atoms. The molecule has 3 aromatic rings. The first-order valence-corrected chi connectivity index (χ1v) is 9.56. The van der Waals surface area contributed by atoms with Crippen molar-refractivity contribution in [2.45, 2.75) is 36.8 Å². The molecule has 0 bridgehead atoms. The zero-order valence-electron chi connectivity index (χ0n) is 14.1. The molecular formula is C20H20N2O2S. The topological polar surface area (TPSA) is 55.1 Å². The number of hydrogen-bond acceptors (Lipinski definition) is 4. The van der Waals surface area contributed by atoms with E-state index in [0.29, 0.717) is 16.9 Å². The van der Waals surface area contributed by atoms with Crippen molar-refractivity contribution in [3.63, 3.8) is 0 Å². The third-order valence-corrected chi connectivity index (χ3v) is 5.45. The fourth-order valence-electron chi connectivity index (χ4n) is 2.92.